The Morgan fingerprint density at radius 1 is 0.881 bits per heavy atom. The number of aromatic nitrogens is 1. The number of hydrazone groups is 1. The summed E-state index contributed by atoms with van der Waals surface area (Å²) in [5, 5.41) is 13.5. The Labute approximate surface area is 256 Å². The molecule has 5 rings (SSSR count). The molecular formula is C31H23Cl2N5O3S. The van der Waals surface area contributed by atoms with E-state index in [2.05, 4.69) is 26.1 Å². The molecule has 0 saturated heterocycles. The molecule has 0 aliphatic heterocycles. The van der Waals surface area contributed by atoms with E-state index in [9.17, 15) is 9.59 Å². The number of amides is 2. The highest BCUT2D eigenvalue weighted by Crippen LogP contribution is 2.27. The van der Waals surface area contributed by atoms with E-state index < -0.39 is 0 Å². The lowest BCUT2D eigenvalue weighted by molar-refractivity contribution is -0.118. The molecule has 1 aromatic heterocycles. The fourth-order valence-corrected chi connectivity index (χ4v) is 4.74. The van der Waals surface area contributed by atoms with Crippen molar-refractivity contribution in [3.8, 4) is 17.0 Å². The van der Waals surface area contributed by atoms with Crippen LogP contribution in [0.4, 0.5) is 16.5 Å². The van der Waals surface area contributed by atoms with E-state index in [1.165, 1.54) is 17.6 Å². The number of nitrogens with one attached hydrogen (secondary N) is 3. The van der Waals surface area contributed by atoms with Crippen molar-refractivity contribution >= 4 is 69.1 Å². The second-order valence-corrected chi connectivity index (χ2v) is 10.5. The minimum absolute atomic E-state index is 0.184. The Bertz CT molecular complexity index is 1710. The van der Waals surface area contributed by atoms with Gasteiger partial charge in [0, 0.05) is 27.9 Å². The molecule has 0 atom stereocenters. The smallest absolute Gasteiger partial charge is 0.271 e. The monoisotopic (exact) mass is 615 g/mol. The van der Waals surface area contributed by atoms with Gasteiger partial charge in [0.1, 0.15) is 5.75 Å². The molecule has 0 fully saturated rings. The molecule has 0 aliphatic rings. The molecule has 0 radical (unpaired) electrons. The van der Waals surface area contributed by atoms with Gasteiger partial charge in [-0.25, -0.2) is 10.4 Å². The van der Waals surface area contributed by atoms with Gasteiger partial charge in [0.05, 0.1) is 22.0 Å². The van der Waals surface area contributed by atoms with Crippen LogP contribution < -0.4 is 20.8 Å². The zero-order valence-electron chi connectivity index (χ0n) is 21.9. The van der Waals surface area contributed by atoms with Gasteiger partial charge in [-0.3, -0.25) is 9.59 Å². The third-order valence-electron chi connectivity index (χ3n) is 5.81. The number of benzene rings is 4. The molecule has 5 aromatic rings. The maximum absolute atomic E-state index is 12.5. The van der Waals surface area contributed by atoms with Gasteiger partial charge in [-0.1, -0.05) is 53.5 Å². The van der Waals surface area contributed by atoms with Gasteiger partial charge in [-0.15, -0.1) is 11.3 Å². The first-order chi connectivity index (χ1) is 20.4. The third-order valence-corrected chi connectivity index (χ3v) is 7.30. The summed E-state index contributed by atoms with van der Waals surface area (Å²) in [5.41, 5.74) is 6.95. The van der Waals surface area contributed by atoms with Gasteiger partial charge in [-0.2, -0.15) is 5.10 Å². The van der Waals surface area contributed by atoms with Crippen molar-refractivity contribution < 1.29 is 14.3 Å². The largest absolute Gasteiger partial charge is 0.484 e. The normalized spacial score (nSPS) is 10.8. The van der Waals surface area contributed by atoms with Gasteiger partial charge in [0.25, 0.3) is 11.8 Å². The highest BCUT2D eigenvalue weighted by Gasteiger charge is 2.09. The third kappa shape index (κ3) is 7.94. The number of hydrogen-bond acceptors (Lipinski definition) is 7. The summed E-state index contributed by atoms with van der Waals surface area (Å²) in [5.74, 6) is -0.176. The Morgan fingerprint density at radius 3 is 2.38 bits per heavy atom. The molecule has 0 spiro atoms. The number of para-hydroxylation sites is 1. The van der Waals surface area contributed by atoms with Crippen LogP contribution in [0.25, 0.3) is 11.3 Å². The fraction of sp³-hybridized carbons (Fsp3) is 0.0323. The highest BCUT2D eigenvalue weighted by molar-refractivity contribution is 7.14. The lowest BCUT2D eigenvalue weighted by atomic mass is 10.1. The van der Waals surface area contributed by atoms with E-state index in [1.54, 1.807) is 54.6 Å². The average molecular weight is 617 g/mol. The van der Waals surface area contributed by atoms with Crippen LogP contribution >= 0.6 is 34.5 Å². The molecule has 2 amide bonds. The number of anilines is 3. The fourth-order valence-electron chi connectivity index (χ4n) is 3.70. The van der Waals surface area contributed by atoms with Gasteiger partial charge < -0.3 is 15.4 Å². The second kappa shape index (κ2) is 13.8. The van der Waals surface area contributed by atoms with Crippen molar-refractivity contribution in [2.45, 2.75) is 0 Å². The predicted molar refractivity (Wildman–Crippen MR) is 169 cm³/mol. The lowest BCUT2D eigenvalue weighted by Gasteiger charge is -2.08. The molecule has 11 heteroatoms. The molecule has 0 aliphatic carbocycles. The second-order valence-electron chi connectivity index (χ2n) is 8.84. The van der Waals surface area contributed by atoms with E-state index in [-0.39, 0.29) is 18.4 Å². The average Bonchev–Trinajstić information content (AvgIpc) is 3.47. The standard InChI is InChI=1S/C31H23Cl2N5O3S/c32-26-15-12-24(16-27(26)33)35-29(39)18-41-25-13-6-20(7-14-25)17-34-38-30(40)22-10-8-21(9-11-22)28-19-42-31(37-28)36-23-4-2-1-3-5-23/h1-17,19H,18H2,(H,35,39)(H,36,37)(H,38,40)/b34-17+. The number of rotatable bonds is 10. The number of nitrogens with zero attached hydrogens (tertiary/aromatic N) is 2. The number of halogens is 2. The van der Waals surface area contributed by atoms with Crippen LogP contribution in [0.5, 0.6) is 5.75 Å². The summed E-state index contributed by atoms with van der Waals surface area (Å²) in [4.78, 5) is 29.3. The summed E-state index contributed by atoms with van der Waals surface area (Å²) in [6.07, 6.45) is 1.52. The van der Waals surface area contributed by atoms with E-state index in [1.807, 2.05) is 47.8 Å². The number of ether oxygens (including phenoxy) is 1. The molecule has 0 unspecified atom stereocenters. The number of carbonyl (C=O) groups is 2. The first-order valence-electron chi connectivity index (χ1n) is 12.6. The Hall–Kier alpha value is -4.70. The van der Waals surface area contributed by atoms with Crippen molar-refractivity contribution in [2.75, 3.05) is 17.2 Å². The molecule has 1 heterocycles. The van der Waals surface area contributed by atoms with Crippen molar-refractivity contribution in [3.05, 3.63) is 124 Å². The first-order valence-corrected chi connectivity index (χ1v) is 14.3. The van der Waals surface area contributed by atoms with Crippen LogP contribution in [0, 0.1) is 0 Å². The summed E-state index contributed by atoms with van der Waals surface area (Å²) in [6, 6.07) is 28.7. The quantitative estimate of drug-likeness (QED) is 0.111. The number of carbonyl (C=O) groups excluding carboxylic acids is 2. The van der Waals surface area contributed by atoms with Gasteiger partial charge >= 0.3 is 0 Å². The molecule has 210 valence electrons. The van der Waals surface area contributed by atoms with Crippen LogP contribution in [0.3, 0.4) is 0 Å². The van der Waals surface area contributed by atoms with Crippen LogP contribution in [-0.4, -0.2) is 29.6 Å². The molecule has 3 N–H and O–H groups in total. The Morgan fingerprint density at radius 2 is 1.64 bits per heavy atom. The van der Waals surface area contributed by atoms with Gasteiger partial charge in [0.2, 0.25) is 0 Å². The molecule has 0 bridgehead atoms. The van der Waals surface area contributed by atoms with E-state index in [0.29, 0.717) is 27.0 Å². The Balaban J connectivity index is 1.08. The predicted octanol–water partition coefficient (Wildman–Crippen LogP) is 7.64. The molecule has 42 heavy (non-hydrogen) atoms. The van der Waals surface area contributed by atoms with Crippen molar-refractivity contribution in [3.63, 3.8) is 0 Å². The number of thiazole rings is 1. The van der Waals surface area contributed by atoms with Crippen molar-refractivity contribution in [1.29, 1.82) is 0 Å². The minimum atomic E-state index is -0.342. The van der Waals surface area contributed by atoms with Crippen LogP contribution in [-0.2, 0) is 4.79 Å². The first kappa shape index (κ1) is 28.8. The van der Waals surface area contributed by atoms with E-state index in [4.69, 9.17) is 27.9 Å². The maximum atomic E-state index is 12.5. The summed E-state index contributed by atoms with van der Waals surface area (Å²) < 4.78 is 5.53. The van der Waals surface area contributed by atoms with Gasteiger partial charge in [-0.05, 0) is 72.3 Å². The number of hydrogen-bond donors (Lipinski definition) is 3. The van der Waals surface area contributed by atoms with E-state index in [0.717, 1.165) is 27.6 Å². The van der Waals surface area contributed by atoms with Gasteiger partial charge in [0.15, 0.2) is 11.7 Å². The van der Waals surface area contributed by atoms with Crippen LogP contribution in [0.2, 0.25) is 10.0 Å². The van der Waals surface area contributed by atoms with E-state index >= 15 is 0 Å². The van der Waals surface area contributed by atoms with Crippen LogP contribution in [0.15, 0.2) is 108 Å². The van der Waals surface area contributed by atoms with Crippen molar-refractivity contribution in [2.24, 2.45) is 5.10 Å². The van der Waals surface area contributed by atoms with Crippen molar-refractivity contribution in [1.82, 2.24) is 10.4 Å². The molecule has 0 saturated carbocycles. The molecule has 4 aromatic carbocycles. The SMILES string of the molecule is O=C(COc1ccc(/C=N/NC(=O)c2ccc(-c3csc(Nc4ccccc4)n3)cc2)cc1)Nc1ccc(Cl)c(Cl)c1. The molecular weight excluding hydrogens is 593 g/mol. The zero-order chi connectivity index (χ0) is 29.3. The topological polar surface area (TPSA) is 105 Å². The maximum Gasteiger partial charge on any atom is 0.271 e. The molecule has 8 nitrogen and oxygen atoms in total. The minimum Gasteiger partial charge on any atom is -0.484 e. The highest BCUT2D eigenvalue weighted by atomic mass is 35.5. The summed E-state index contributed by atoms with van der Waals surface area (Å²) >= 11 is 13.4. The zero-order valence-corrected chi connectivity index (χ0v) is 24.2. The summed E-state index contributed by atoms with van der Waals surface area (Å²) in [6.45, 7) is -0.184. The summed E-state index contributed by atoms with van der Waals surface area (Å²) in [7, 11) is 0. The lowest BCUT2D eigenvalue weighted by Crippen LogP contribution is -2.20. The van der Waals surface area contributed by atoms with Crippen LogP contribution in [0.1, 0.15) is 15.9 Å². The Kier molecular flexibility index (Phi) is 9.45.